The third-order valence-corrected chi connectivity index (χ3v) is 1.30. The first-order chi connectivity index (χ1) is 5.24. The van der Waals surface area contributed by atoms with Gasteiger partial charge in [0.2, 0.25) is 5.88 Å². The van der Waals surface area contributed by atoms with Crippen LogP contribution in [0.3, 0.4) is 0 Å². The average molecular weight is 154 g/mol. The molecule has 4 heteroatoms. The van der Waals surface area contributed by atoms with Crippen LogP contribution in [0.4, 0.5) is 0 Å². The minimum Gasteiger partial charge on any atom is -0.481 e. The molecular formula is C7H10N2O2. The fourth-order valence-corrected chi connectivity index (χ4v) is 0.694. The molecule has 60 valence electrons. The molecular weight excluding hydrogens is 144 g/mol. The van der Waals surface area contributed by atoms with Crippen LogP contribution >= 0.6 is 0 Å². The second-order valence-corrected chi connectivity index (χ2v) is 2.16. The Bertz CT molecular complexity index is 238. The van der Waals surface area contributed by atoms with Crippen molar-refractivity contribution >= 4 is 0 Å². The van der Waals surface area contributed by atoms with Crippen LogP contribution < -0.4 is 4.74 Å². The van der Waals surface area contributed by atoms with Gasteiger partial charge in [0.1, 0.15) is 6.33 Å². The molecule has 0 amide bonds. The smallest absolute Gasteiger partial charge is 0.216 e. The Hall–Kier alpha value is -1.16. The molecule has 0 radical (unpaired) electrons. The van der Waals surface area contributed by atoms with Crippen LogP contribution in [0.5, 0.6) is 5.88 Å². The molecule has 0 fully saturated rings. The van der Waals surface area contributed by atoms with Crippen LogP contribution in [0.2, 0.25) is 0 Å². The van der Waals surface area contributed by atoms with Crippen molar-refractivity contribution in [3.8, 4) is 5.88 Å². The molecule has 0 aliphatic heterocycles. The van der Waals surface area contributed by atoms with E-state index < -0.39 is 6.10 Å². The van der Waals surface area contributed by atoms with Gasteiger partial charge in [-0.2, -0.15) is 0 Å². The van der Waals surface area contributed by atoms with Crippen molar-refractivity contribution in [1.82, 2.24) is 9.97 Å². The number of methoxy groups -OCH3 is 1. The summed E-state index contributed by atoms with van der Waals surface area (Å²) >= 11 is 0. The molecule has 0 spiro atoms. The number of nitrogens with zero attached hydrogens (tertiary/aromatic N) is 2. The lowest BCUT2D eigenvalue weighted by Crippen LogP contribution is -1.97. The van der Waals surface area contributed by atoms with Gasteiger partial charge in [-0.15, -0.1) is 0 Å². The summed E-state index contributed by atoms with van der Waals surface area (Å²) in [6, 6.07) is 1.60. The maximum atomic E-state index is 9.10. The van der Waals surface area contributed by atoms with E-state index in [1.165, 1.54) is 13.4 Å². The van der Waals surface area contributed by atoms with Gasteiger partial charge in [0.15, 0.2) is 0 Å². The molecule has 1 N–H and O–H groups in total. The molecule has 0 aliphatic rings. The minimum absolute atomic E-state index is 0.468. The number of rotatable bonds is 2. The highest BCUT2D eigenvalue weighted by molar-refractivity contribution is 5.14. The summed E-state index contributed by atoms with van der Waals surface area (Å²) in [6.45, 7) is 1.64. The van der Waals surface area contributed by atoms with Gasteiger partial charge in [-0.1, -0.05) is 0 Å². The summed E-state index contributed by atoms with van der Waals surface area (Å²) in [5, 5.41) is 9.10. The molecule has 1 rings (SSSR count). The summed E-state index contributed by atoms with van der Waals surface area (Å²) in [5.74, 6) is 0.468. The number of ether oxygens (including phenoxy) is 1. The maximum Gasteiger partial charge on any atom is 0.216 e. The Morgan fingerprint density at radius 1 is 1.55 bits per heavy atom. The van der Waals surface area contributed by atoms with Crippen molar-refractivity contribution in [2.75, 3.05) is 7.11 Å². The average Bonchev–Trinajstić information content (AvgIpc) is 2.05. The van der Waals surface area contributed by atoms with Gasteiger partial charge in [-0.25, -0.2) is 9.97 Å². The van der Waals surface area contributed by atoms with Gasteiger partial charge in [0.05, 0.1) is 18.9 Å². The molecule has 4 nitrogen and oxygen atoms in total. The molecule has 0 aliphatic carbocycles. The van der Waals surface area contributed by atoms with Crippen molar-refractivity contribution in [3.05, 3.63) is 18.1 Å². The van der Waals surface area contributed by atoms with Crippen LogP contribution in [0.25, 0.3) is 0 Å². The van der Waals surface area contributed by atoms with Gasteiger partial charge in [0, 0.05) is 6.07 Å². The predicted octanol–water partition coefficient (Wildman–Crippen LogP) is 0.538. The third kappa shape index (κ3) is 1.88. The molecule has 0 saturated carbocycles. The number of aliphatic hydroxyl groups excluding tert-OH is 1. The summed E-state index contributed by atoms with van der Waals surface area (Å²) < 4.78 is 4.84. The maximum absolute atomic E-state index is 9.10. The fourth-order valence-electron chi connectivity index (χ4n) is 0.694. The second kappa shape index (κ2) is 3.30. The Balaban J connectivity index is 2.91. The van der Waals surface area contributed by atoms with Gasteiger partial charge in [0.25, 0.3) is 0 Å². The zero-order chi connectivity index (χ0) is 8.27. The van der Waals surface area contributed by atoms with Crippen LogP contribution in [0, 0.1) is 0 Å². The highest BCUT2D eigenvalue weighted by Crippen LogP contribution is 2.12. The number of hydrogen-bond acceptors (Lipinski definition) is 4. The topological polar surface area (TPSA) is 55.2 Å². The number of hydrogen-bond donors (Lipinski definition) is 1. The van der Waals surface area contributed by atoms with E-state index in [0.29, 0.717) is 11.6 Å². The lowest BCUT2D eigenvalue weighted by atomic mass is 10.3. The first-order valence-electron chi connectivity index (χ1n) is 3.28. The first kappa shape index (κ1) is 7.94. The number of aliphatic hydroxyl groups is 1. The first-order valence-corrected chi connectivity index (χ1v) is 3.28. The third-order valence-electron chi connectivity index (χ3n) is 1.30. The van der Waals surface area contributed by atoms with Gasteiger partial charge in [-0.3, -0.25) is 0 Å². The van der Waals surface area contributed by atoms with Crippen molar-refractivity contribution in [2.45, 2.75) is 13.0 Å². The van der Waals surface area contributed by atoms with Crippen molar-refractivity contribution in [2.24, 2.45) is 0 Å². The highest BCUT2D eigenvalue weighted by Gasteiger charge is 2.03. The summed E-state index contributed by atoms with van der Waals surface area (Å²) in [6.07, 6.45) is 0.785. The zero-order valence-electron chi connectivity index (χ0n) is 6.48. The number of aromatic nitrogens is 2. The van der Waals surface area contributed by atoms with E-state index in [0.717, 1.165) is 0 Å². The Morgan fingerprint density at radius 3 is 2.82 bits per heavy atom. The van der Waals surface area contributed by atoms with Crippen LogP contribution in [0.1, 0.15) is 18.7 Å². The quantitative estimate of drug-likeness (QED) is 0.675. The Kier molecular flexibility index (Phi) is 2.38. The largest absolute Gasteiger partial charge is 0.481 e. The molecule has 1 unspecified atom stereocenters. The molecule has 1 aromatic rings. The normalized spacial score (nSPS) is 12.6. The zero-order valence-corrected chi connectivity index (χ0v) is 6.48. The van der Waals surface area contributed by atoms with Crippen LogP contribution in [-0.2, 0) is 0 Å². The van der Waals surface area contributed by atoms with Crippen LogP contribution in [-0.4, -0.2) is 22.2 Å². The minimum atomic E-state index is -0.577. The van der Waals surface area contributed by atoms with E-state index >= 15 is 0 Å². The van der Waals surface area contributed by atoms with E-state index in [9.17, 15) is 0 Å². The lowest BCUT2D eigenvalue weighted by molar-refractivity contribution is 0.193. The molecule has 0 aromatic carbocycles. The lowest BCUT2D eigenvalue weighted by Gasteiger charge is -2.03. The molecule has 1 heterocycles. The Labute approximate surface area is 64.9 Å². The SMILES string of the molecule is COc1cc(C(C)O)ncn1. The van der Waals surface area contributed by atoms with E-state index in [4.69, 9.17) is 9.84 Å². The molecule has 1 atom stereocenters. The second-order valence-electron chi connectivity index (χ2n) is 2.16. The molecule has 1 aromatic heterocycles. The van der Waals surface area contributed by atoms with Crippen LogP contribution in [0.15, 0.2) is 12.4 Å². The van der Waals surface area contributed by atoms with Crippen molar-refractivity contribution in [3.63, 3.8) is 0 Å². The molecule has 0 bridgehead atoms. The molecule has 0 saturated heterocycles. The summed E-state index contributed by atoms with van der Waals surface area (Å²) in [4.78, 5) is 7.64. The Morgan fingerprint density at radius 2 is 2.27 bits per heavy atom. The van der Waals surface area contributed by atoms with Gasteiger partial charge < -0.3 is 9.84 Å². The van der Waals surface area contributed by atoms with E-state index in [1.54, 1.807) is 13.0 Å². The van der Waals surface area contributed by atoms with Gasteiger partial charge in [-0.05, 0) is 6.92 Å². The van der Waals surface area contributed by atoms with E-state index in [2.05, 4.69) is 9.97 Å². The summed E-state index contributed by atoms with van der Waals surface area (Å²) in [5.41, 5.74) is 0.567. The van der Waals surface area contributed by atoms with Crippen molar-refractivity contribution in [1.29, 1.82) is 0 Å². The standard InChI is InChI=1S/C7H10N2O2/c1-5(10)6-3-7(11-2)9-4-8-6/h3-5,10H,1-2H3. The predicted molar refractivity (Wildman–Crippen MR) is 39.2 cm³/mol. The monoisotopic (exact) mass is 154 g/mol. The van der Waals surface area contributed by atoms with Gasteiger partial charge >= 0.3 is 0 Å². The molecule has 11 heavy (non-hydrogen) atoms. The van der Waals surface area contributed by atoms with E-state index in [1.807, 2.05) is 0 Å². The fraction of sp³-hybridized carbons (Fsp3) is 0.429. The summed E-state index contributed by atoms with van der Waals surface area (Å²) in [7, 11) is 1.52. The van der Waals surface area contributed by atoms with Crippen molar-refractivity contribution < 1.29 is 9.84 Å². The highest BCUT2D eigenvalue weighted by atomic mass is 16.5. The van der Waals surface area contributed by atoms with E-state index in [-0.39, 0.29) is 0 Å².